The highest BCUT2D eigenvalue weighted by Gasteiger charge is 2.40. The Morgan fingerprint density at radius 3 is 2.67 bits per heavy atom. The molecule has 1 aromatic carbocycles. The molecule has 0 aliphatic carbocycles. The first-order chi connectivity index (χ1) is 21.4. The number of likely N-dealkylation sites (tertiary alicyclic amines) is 1. The lowest BCUT2D eigenvalue weighted by Crippen LogP contribution is -2.32. The van der Waals surface area contributed by atoms with Crippen LogP contribution in [0.15, 0.2) is 24.4 Å². The van der Waals surface area contributed by atoms with Crippen molar-refractivity contribution >= 4 is 40.0 Å². The molecule has 0 unspecified atom stereocenters. The molecular weight excluding hydrogens is 616 g/mol. The van der Waals surface area contributed by atoms with Gasteiger partial charge in [-0.3, -0.25) is 0 Å². The fourth-order valence-corrected chi connectivity index (χ4v) is 6.45. The highest BCUT2D eigenvalue weighted by atomic mass is 35.5. The molecule has 2 atom stereocenters. The SMILES string of the molecule is Cc1cc(N)nc(-c2c(Cl)c3c4c(nc(OC[C@@H]5CCCN5C)nc4c2F)N([C@H](C)c2cccnc2N)CCO3)c1C(F)(F)F. The third-order valence-corrected chi connectivity index (χ3v) is 8.78. The van der Waals surface area contributed by atoms with Gasteiger partial charge in [0, 0.05) is 17.8 Å². The van der Waals surface area contributed by atoms with Crippen LogP contribution in [0.1, 0.15) is 42.5 Å². The van der Waals surface area contributed by atoms with E-state index in [0.29, 0.717) is 11.4 Å². The van der Waals surface area contributed by atoms with E-state index in [1.807, 2.05) is 24.9 Å². The number of likely N-dealkylation sites (N-methyl/N-ethyl adjacent to an activating group) is 1. The molecule has 15 heteroatoms. The second kappa shape index (κ2) is 11.6. The fourth-order valence-electron chi connectivity index (χ4n) is 6.13. The zero-order valence-electron chi connectivity index (χ0n) is 24.8. The zero-order chi connectivity index (χ0) is 32.2. The molecule has 0 amide bonds. The van der Waals surface area contributed by atoms with E-state index in [4.69, 9.17) is 37.5 Å². The van der Waals surface area contributed by atoms with Gasteiger partial charge in [0.15, 0.2) is 11.6 Å². The van der Waals surface area contributed by atoms with E-state index >= 15 is 4.39 Å². The Bertz CT molecular complexity index is 1790. The number of anilines is 3. The second-order valence-electron chi connectivity index (χ2n) is 11.3. The van der Waals surface area contributed by atoms with Crippen LogP contribution in [0.3, 0.4) is 0 Å². The van der Waals surface area contributed by atoms with Gasteiger partial charge < -0.3 is 30.7 Å². The van der Waals surface area contributed by atoms with Gasteiger partial charge in [-0.1, -0.05) is 17.7 Å². The Balaban J connectivity index is 1.61. The predicted molar refractivity (Wildman–Crippen MR) is 163 cm³/mol. The van der Waals surface area contributed by atoms with E-state index < -0.39 is 39.9 Å². The molecule has 0 bridgehead atoms. The number of hydrogen-bond acceptors (Lipinski definition) is 10. The third kappa shape index (κ3) is 5.50. The van der Waals surface area contributed by atoms with Crippen molar-refractivity contribution in [1.29, 1.82) is 0 Å². The number of hydrogen-bond donors (Lipinski definition) is 2. The van der Waals surface area contributed by atoms with E-state index in [1.54, 1.807) is 12.3 Å². The van der Waals surface area contributed by atoms with Gasteiger partial charge in [-0.25, -0.2) is 14.4 Å². The normalized spacial score (nSPS) is 17.8. The van der Waals surface area contributed by atoms with Crippen molar-refractivity contribution in [3.05, 3.63) is 51.9 Å². The van der Waals surface area contributed by atoms with Gasteiger partial charge in [-0.05, 0) is 58.0 Å². The van der Waals surface area contributed by atoms with E-state index in [2.05, 4.69) is 19.9 Å². The maximum absolute atomic E-state index is 16.8. The van der Waals surface area contributed by atoms with Crippen molar-refractivity contribution < 1.29 is 27.0 Å². The van der Waals surface area contributed by atoms with E-state index in [-0.39, 0.29) is 65.7 Å². The highest BCUT2D eigenvalue weighted by molar-refractivity contribution is 6.36. The molecule has 2 aliphatic rings. The number of nitrogen functional groups attached to an aromatic ring is 2. The molecule has 3 aromatic heterocycles. The second-order valence-corrected chi connectivity index (χ2v) is 11.6. The van der Waals surface area contributed by atoms with Gasteiger partial charge in [0.1, 0.15) is 36.2 Å². The molecule has 1 saturated heterocycles. The Labute approximate surface area is 261 Å². The largest absolute Gasteiger partial charge is 0.489 e. The minimum Gasteiger partial charge on any atom is -0.489 e. The van der Waals surface area contributed by atoms with Crippen LogP contribution < -0.4 is 25.8 Å². The summed E-state index contributed by atoms with van der Waals surface area (Å²) in [6.07, 6.45) is -1.43. The summed E-state index contributed by atoms with van der Waals surface area (Å²) in [7, 11) is 1.98. The Morgan fingerprint density at radius 2 is 1.98 bits per heavy atom. The minimum atomic E-state index is -4.89. The van der Waals surface area contributed by atoms with Crippen molar-refractivity contribution in [2.24, 2.45) is 0 Å². The van der Waals surface area contributed by atoms with Gasteiger partial charge in [0.05, 0.1) is 39.8 Å². The van der Waals surface area contributed by atoms with Crippen LogP contribution in [0.4, 0.5) is 35.0 Å². The summed E-state index contributed by atoms with van der Waals surface area (Å²) in [6.45, 7) is 4.49. The van der Waals surface area contributed by atoms with Gasteiger partial charge in [-0.15, -0.1) is 0 Å². The van der Waals surface area contributed by atoms with E-state index in [9.17, 15) is 13.2 Å². The molecule has 4 aromatic rings. The van der Waals surface area contributed by atoms with Crippen LogP contribution in [0, 0.1) is 12.7 Å². The van der Waals surface area contributed by atoms with E-state index in [1.165, 1.54) is 6.92 Å². The number of nitrogens with zero attached hydrogens (tertiary/aromatic N) is 6. The first-order valence-electron chi connectivity index (χ1n) is 14.4. The molecule has 6 rings (SSSR count). The monoisotopic (exact) mass is 646 g/mol. The van der Waals surface area contributed by atoms with Gasteiger partial charge >= 0.3 is 12.2 Å². The van der Waals surface area contributed by atoms with Crippen LogP contribution in [-0.2, 0) is 6.18 Å². The number of benzene rings is 1. The first kappa shape index (κ1) is 30.8. The molecule has 45 heavy (non-hydrogen) atoms. The maximum Gasteiger partial charge on any atom is 0.418 e. The lowest BCUT2D eigenvalue weighted by molar-refractivity contribution is -0.137. The van der Waals surface area contributed by atoms with Crippen molar-refractivity contribution in [3.8, 4) is 23.0 Å². The molecule has 238 valence electrons. The molecule has 10 nitrogen and oxygen atoms in total. The van der Waals surface area contributed by atoms with Gasteiger partial charge in [0.25, 0.3) is 0 Å². The van der Waals surface area contributed by atoms with Crippen LogP contribution in [0.5, 0.6) is 11.8 Å². The number of rotatable bonds is 6. The maximum atomic E-state index is 16.8. The highest BCUT2D eigenvalue weighted by Crippen LogP contribution is 2.50. The molecule has 4 N–H and O–H groups in total. The lowest BCUT2D eigenvalue weighted by atomic mass is 9.98. The average molecular weight is 647 g/mol. The summed E-state index contributed by atoms with van der Waals surface area (Å²) < 4.78 is 72.0. The Morgan fingerprint density at radius 1 is 1.20 bits per heavy atom. The topological polar surface area (TPSA) is 129 Å². The lowest BCUT2D eigenvalue weighted by Gasteiger charge is -2.30. The number of aromatic nitrogens is 4. The number of pyridine rings is 2. The number of alkyl halides is 3. The summed E-state index contributed by atoms with van der Waals surface area (Å²) in [6, 6.07) is 4.13. The smallest absolute Gasteiger partial charge is 0.418 e. The van der Waals surface area contributed by atoms with Crippen molar-refractivity contribution in [2.75, 3.05) is 49.7 Å². The van der Waals surface area contributed by atoms with Crippen LogP contribution in [0.2, 0.25) is 5.02 Å². The van der Waals surface area contributed by atoms with E-state index in [0.717, 1.165) is 25.5 Å². The number of ether oxygens (including phenoxy) is 2. The average Bonchev–Trinajstić information content (AvgIpc) is 3.28. The van der Waals surface area contributed by atoms with Crippen molar-refractivity contribution in [2.45, 2.75) is 44.9 Å². The van der Waals surface area contributed by atoms with Crippen molar-refractivity contribution in [1.82, 2.24) is 24.8 Å². The summed E-state index contributed by atoms with van der Waals surface area (Å²) in [5, 5.41) is -0.336. The molecular formula is C30H31ClF4N8O2. The standard InChI is InChI=1S/C30H31ClF4N8O2/c1-14-12-18(36)39-24(21(14)30(33,34)35)19-22(31)26-20-25(23(19)32)40-29(45-13-16-6-5-9-42(16)3)41-28(20)43(10-11-44-26)15(2)17-7-4-8-38-27(17)37/h4,7-8,12,15-16H,5-6,9-11,13H2,1-3H3,(H2,36,39)(H2,37,38)/t15-,16+/m1/s1. The number of nitrogens with two attached hydrogens (primary N) is 2. The Kier molecular flexibility index (Phi) is 7.98. The Hall–Kier alpha value is -4.17. The van der Waals surface area contributed by atoms with Gasteiger partial charge in [0.2, 0.25) is 0 Å². The predicted octanol–water partition coefficient (Wildman–Crippen LogP) is 5.80. The van der Waals surface area contributed by atoms with Crippen LogP contribution in [-0.4, -0.2) is 64.2 Å². The first-order valence-corrected chi connectivity index (χ1v) is 14.7. The van der Waals surface area contributed by atoms with Crippen LogP contribution in [0.25, 0.3) is 22.2 Å². The van der Waals surface area contributed by atoms with Gasteiger partial charge in [-0.2, -0.15) is 23.1 Å². The van der Waals surface area contributed by atoms with Crippen molar-refractivity contribution in [3.63, 3.8) is 0 Å². The van der Waals surface area contributed by atoms with Crippen LogP contribution >= 0.6 is 11.6 Å². The third-order valence-electron chi connectivity index (χ3n) is 8.42. The quantitative estimate of drug-likeness (QED) is 0.248. The number of aryl methyl sites for hydroxylation is 1. The summed E-state index contributed by atoms with van der Waals surface area (Å²) >= 11 is 6.75. The molecule has 0 spiro atoms. The molecule has 5 heterocycles. The summed E-state index contributed by atoms with van der Waals surface area (Å²) in [5.74, 6) is -0.946. The molecule has 0 radical (unpaired) electrons. The molecule has 1 fully saturated rings. The summed E-state index contributed by atoms with van der Waals surface area (Å²) in [4.78, 5) is 21.2. The number of halogens is 5. The summed E-state index contributed by atoms with van der Waals surface area (Å²) in [5.41, 5.74) is 9.60. The zero-order valence-corrected chi connectivity index (χ0v) is 25.5. The minimum absolute atomic E-state index is 0.0271. The molecule has 0 saturated carbocycles. The fraction of sp³-hybridized carbons (Fsp3) is 0.400. The molecule has 2 aliphatic heterocycles.